The van der Waals surface area contributed by atoms with Gasteiger partial charge in [-0.3, -0.25) is 4.55 Å². The van der Waals surface area contributed by atoms with Crippen molar-refractivity contribution in [2.24, 2.45) is 0 Å². The van der Waals surface area contributed by atoms with E-state index in [1.165, 1.54) is 19.2 Å². The van der Waals surface area contributed by atoms with Gasteiger partial charge in [-0.25, -0.2) is 0 Å². The monoisotopic (exact) mass is 420 g/mol. The maximum atomic E-state index is 11.0. The van der Waals surface area contributed by atoms with Gasteiger partial charge in [-0.2, -0.15) is 8.42 Å². The summed E-state index contributed by atoms with van der Waals surface area (Å²) in [5, 5.41) is 8.65. The summed E-state index contributed by atoms with van der Waals surface area (Å²) in [6, 6.07) is 2.65. The summed E-state index contributed by atoms with van der Waals surface area (Å²) < 4.78 is 36.2. The summed E-state index contributed by atoms with van der Waals surface area (Å²) in [7, 11) is -3.14. The number of methoxy groups -OCH3 is 1. The zero-order valence-electron chi connectivity index (χ0n) is 7.89. The molecule has 0 saturated carbocycles. The van der Waals surface area contributed by atoms with Crippen LogP contribution in [-0.4, -0.2) is 20.1 Å². The first-order valence-electron chi connectivity index (χ1n) is 3.60. The molecule has 0 aliphatic heterocycles. The van der Waals surface area contributed by atoms with Gasteiger partial charge in [0.15, 0.2) is 9.87 Å². The van der Waals surface area contributed by atoms with E-state index in [4.69, 9.17) is 14.7 Å². The van der Waals surface area contributed by atoms with E-state index < -0.39 is 15.0 Å². The van der Waals surface area contributed by atoms with E-state index in [-0.39, 0.29) is 28.4 Å². The Hall–Kier alpha value is -0.440. The second-order valence-corrected chi connectivity index (χ2v) is 5.17. The maximum Gasteiger partial charge on any atom is 0.447 e. The Bertz CT molecular complexity index is 540. The molecule has 1 aromatic rings. The van der Waals surface area contributed by atoms with Crippen molar-refractivity contribution >= 4 is 38.4 Å². The molecule has 0 bridgehead atoms. The minimum absolute atomic E-state index is 0. The van der Waals surface area contributed by atoms with E-state index in [1.807, 2.05) is 22.6 Å². The van der Waals surface area contributed by atoms with Gasteiger partial charge in [0.05, 0.1) is 7.11 Å². The quantitative estimate of drug-likeness (QED) is 0.378. The van der Waals surface area contributed by atoms with Crippen molar-refractivity contribution in [2.75, 3.05) is 7.11 Å². The van der Waals surface area contributed by atoms with Crippen LogP contribution in [0.5, 0.6) is 5.75 Å². The van der Waals surface area contributed by atoms with Gasteiger partial charge >= 0.3 is 15.8 Å². The van der Waals surface area contributed by atoms with Crippen molar-refractivity contribution in [3.63, 3.8) is 0 Å². The lowest BCUT2D eigenvalue weighted by atomic mass is 10.3. The molecule has 16 heavy (non-hydrogen) atoms. The molecular formula is C7H6BrIN2O4S. The standard InChI is InChI=1S/C7H5IN2O4S.BrH/c1-14-5-2-4(8)3-6(7(5)10-9)15(11,12)13;/h2-3H,1H3;1H. The molecule has 1 rings (SSSR count). The number of benzene rings is 1. The van der Waals surface area contributed by atoms with Crippen LogP contribution in [0.1, 0.15) is 0 Å². The molecule has 6 nitrogen and oxygen atoms in total. The molecule has 0 aliphatic carbocycles. The van der Waals surface area contributed by atoms with Crippen molar-refractivity contribution in [3.05, 3.63) is 20.7 Å². The van der Waals surface area contributed by atoms with Gasteiger partial charge in [0, 0.05) is 9.64 Å². The summed E-state index contributed by atoms with van der Waals surface area (Å²) in [6.07, 6.45) is 0. The van der Waals surface area contributed by atoms with Crippen molar-refractivity contribution in [1.29, 1.82) is 5.39 Å². The lowest BCUT2D eigenvalue weighted by molar-refractivity contribution is -0.00000759. The van der Waals surface area contributed by atoms with E-state index in [9.17, 15) is 8.42 Å². The molecule has 0 heterocycles. The van der Waals surface area contributed by atoms with E-state index in [0.29, 0.717) is 3.57 Å². The Morgan fingerprint density at radius 1 is 1.50 bits per heavy atom. The summed E-state index contributed by atoms with van der Waals surface area (Å²) in [5.41, 5.74) is -0.319. The second kappa shape index (κ2) is 5.76. The first-order chi connectivity index (χ1) is 6.90. The number of hydrogen-bond acceptors (Lipinski definition) is 4. The van der Waals surface area contributed by atoms with Gasteiger partial charge < -0.3 is 21.7 Å². The zero-order chi connectivity index (χ0) is 11.6. The van der Waals surface area contributed by atoms with Crippen molar-refractivity contribution in [1.82, 2.24) is 0 Å². The van der Waals surface area contributed by atoms with Gasteiger partial charge in [0.25, 0.3) is 0 Å². The van der Waals surface area contributed by atoms with Crippen molar-refractivity contribution < 1.29 is 34.7 Å². The van der Waals surface area contributed by atoms with Crippen LogP contribution in [0.25, 0.3) is 4.98 Å². The van der Waals surface area contributed by atoms with Crippen LogP contribution in [0.2, 0.25) is 0 Å². The Morgan fingerprint density at radius 3 is 2.44 bits per heavy atom. The van der Waals surface area contributed by atoms with Gasteiger partial charge in [-0.05, 0) is 28.7 Å². The maximum absolute atomic E-state index is 11.0. The van der Waals surface area contributed by atoms with E-state index in [0.717, 1.165) is 0 Å². The first-order valence-corrected chi connectivity index (χ1v) is 6.12. The fraction of sp³-hybridized carbons (Fsp3) is 0.143. The molecule has 0 aliphatic rings. The Morgan fingerprint density at radius 2 is 2.06 bits per heavy atom. The van der Waals surface area contributed by atoms with Crippen molar-refractivity contribution in [2.45, 2.75) is 4.90 Å². The van der Waals surface area contributed by atoms with Crippen LogP contribution < -0.4 is 21.7 Å². The SMILES string of the molecule is COc1cc(I)cc(S(=O)(=O)O)c1[N+]#N.[Br-]. The highest BCUT2D eigenvalue weighted by molar-refractivity contribution is 14.1. The molecule has 0 atom stereocenters. The molecule has 0 unspecified atom stereocenters. The Balaban J connectivity index is 0.00000225. The smallest absolute Gasteiger partial charge is 0.447 e. The largest absolute Gasteiger partial charge is 1.00 e. The third-order valence-corrected chi connectivity index (χ3v) is 3.09. The van der Waals surface area contributed by atoms with E-state index in [2.05, 4.69) is 4.98 Å². The highest BCUT2D eigenvalue weighted by atomic mass is 127. The molecule has 88 valence electrons. The average Bonchev–Trinajstić information content (AvgIpc) is 2.15. The lowest BCUT2D eigenvalue weighted by Gasteiger charge is -2.00. The predicted octanol–water partition coefficient (Wildman–Crippen LogP) is -0.965. The predicted molar refractivity (Wildman–Crippen MR) is 60.3 cm³/mol. The molecular weight excluding hydrogens is 415 g/mol. The Kier molecular flexibility index (Phi) is 5.60. The molecule has 0 spiro atoms. The molecule has 9 heteroatoms. The number of rotatable bonds is 2. The van der Waals surface area contributed by atoms with Crippen LogP contribution >= 0.6 is 22.6 Å². The van der Waals surface area contributed by atoms with Crippen LogP contribution in [0, 0.1) is 8.96 Å². The topological polar surface area (TPSA) is 91.8 Å². The first kappa shape index (κ1) is 15.6. The highest BCUT2D eigenvalue weighted by Gasteiger charge is 2.30. The van der Waals surface area contributed by atoms with E-state index in [1.54, 1.807) is 0 Å². The van der Waals surface area contributed by atoms with Gasteiger partial charge in [-0.1, -0.05) is 0 Å². The van der Waals surface area contributed by atoms with Crippen LogP contribution in [-0.2, 0) is 10.1 Å². The summed E-state index contributed by atoms with van der Waals surface area (Å²) in [5.74, 6) is 0.0667. The molecule has 1 aromatic carbocycles. The highest BCUT2D eigenvalue weighted by Crippen LogP contribution is 2.36. The zero-order valence-corrected chi connectivity index (χ0v) is 12.4. The van der Waals surface area contributed by atoms with Crippen molar-refractivity contribution in [3.8, 4) is 5.75 Å². The fourth-order valence-corrected chi connectivity index (χ4v) is 2.47. The van der Waals surface area contributed by atoms with E-state index >= 15 is 0 Å². The Labute approximate surface area is 116 Å². The van der Waals surface area contributed by atoms with Crippen LogP contribution in [0.15, 0.2) is 17.0 Å². The number of halogens is 2. The lowest BCUT2D eigenvalue weighted by Crippen LogP contribution is -3.00. The third kappa shape index (κ3) is 3.27. The summed E-state index contributed by atoms with van der Waals surface area (Å²) in [4.78, 5) is 2.29. The second-order valence-electron chi connectivity index (χ2n) is 2.53. The van der Waals surface area contributed by atoms with Gasteiger partial charge in [0.2, 0.25) is 11.1 Å². The molecule has 0 amide bonds. The minimum Gasteiger partial charge on any atom is -1.00 e. The third-order valence-electron chi connectivity index (χ3n) is 1.60. The van der Waals surface area contributed by atoms with Gasteiger partial charge in [-0.15, -0.1) is 0 Å². The molecule has 0 saturated heterocycles. The van der Waals surface area contributed by atoms with Crippen LogP contribution in [0.3, 0.4) is 0 Å². The molecule has 0 aromatic heterocycles. The minimum atomic E-state index is -4.44. The van der Waals surface area contributed by atoms with Gasteiger partial charge in [0.1, 0.15) is 0 Å². The van der Waals surface area contributed by atoms with Crippen LogP contribution in [0.4, 0.5) is 5.69 Å². The normalized spacial score (nSPS) is 10.1. The molecule has 1 N–H and O–H groups in total. The summed E-state index contributed by atoms with van der Waals surface area (Å²) in [6.45, 7) is 0. The number of hydrogen-bond donors (Lipinski definition) is 1. The fourth-order valence-electron chi connectivity index (χ4n) is 1.00. The number of nitrogens with zero attached hydrogens (tertiary/aromatic N) is 2. The molecule has 0 radical (unpaired) electrons. The number of ether oxygens (including phenoxy) is 1. The molecule has 0 fully saturated rings. The summed E-state index contributed by atoms with van der Waals surface area (Å²) >= 11 is 1.85. The average molecular weight is 421 g/mol. The number of diazo groups is 1.